The average molecular weight is 460 g/mol. The van der Waals surface area contributed by atoms with E-state index in [0.717, 1.165) is 11.1 Å². The minimum absolute atomic E-state index is 0.115. The predicted octanol–water partition coefficient (Wildman–Crippen LogP) is 5.15. The van der Waals surface area contributed by atoms with E-state index in [9.17, 15) is 9.90 Å². The molecule has 3 aromatic carbocycles. The topological polar surface area (TPSA) is 70.9 Å². The van der Waals surface area contributed by atoms with Crippen molar-refractivity contribution in [2.75, 3.05) is 0 Å². The number of carbonyl (C=O) groups excluding carboxylic acids is 1. The largest absolute Gasteiger partial charge is 0.507 e. The number of amides is 1. The molecule has 0 fully saturated rings. The molecule has 142 valence electrons. The van der Waals surface area contributed by atoms with Crippen LogP contribution in [0.4, 0.5) is 0 Å². The van der Waals surface area contributed by atoms with E-state index in [1.807, 2.05) is 36.4 Å². The SMILES string of the molecule is O=C(NN=Cc1ccc(OCc2ccccc2Cl)cc1)c1cc(Br)ccc1O. The van der Waals surface area contributed by atoms with Gasteiger partial charge in [-0.3, -0.25) is 4.79 Å². The molecule has 0 bridgehead atoms. The maximum Gasteiger partial charge on any atom is 0.275 e. The van der Waals surface area contributed by atoms with Crippen molar-refractivity contribution < 1.29 is 14.6 Å². The Bertz CT molecular complexity index is 1010. The highest BCUT2D eigenvalue weighted by Gasteiger charge is 2.10. The summed E-state index contributed by atoms with van der Waals surface area (Å²) < 4.78 is 6.41. The molecule has 0 aliphatic carbocycles. The molecule has 0 atom stereocenters. The number of phenolic OH excluding ortho intramolecular Hbond substituents is 1. The molecular weight excluding hydrogens is 444 g/mol. The van der Waals surface area contributed by atoms with Crippen LogP contribution < -0.4 is 10.2 Å². The van der Waals surface area contributed by atoms with Gasteiger partial charge in [0.2, 0.25) is 0 Å². The number of phenols is 1. The molecule has 3 rings (SSSR count). The van der Waals surface area contributed by atoms with E-state index in [-0.39, 0.29) is 11.3 Å². The van der Waals surface area contributed by atoms with Gasteiger partial charge in [0.15, 0.2) is 0 Å². The van der Waals surface area contributed by atoms with Crippen LogP contribution in [0, 0.1) is 0 Å². The Morgan fingerprint density at radius 1 is 1.14 bits per heavy atom. The fraction of sp³-hybridized carbons (Fsp3) is 0.0476. The van der Waals surface area contributed by atoms with Gasteiger partial charge in [0.05, 0.1) is 11.8 Å². The maximum atomic E-state index is 12.1. The van der Waals surface area contributed by atoms with Crippen LogP contribution in [0.15, 0.2) is 76.3 Å². The van der Waals surface area contributed by atoms with Gasteiger partial charge in [0.25, 0.3) is 5.91 Å². The van der Waals surface area contributed by atoms with E-state index in [0.29, 0.717) is 21.9 Å². The van der Waals surface area contributed by atoms with Crippen LogP contribution in [-0.2, 0) is 6.61 Å². The Morgan fingerprint density at radius 2 is 1.89 bits per heavy atom. The van der Waals surface area contributed by atoms with E-state index in [2.05, 4.69) is 26.5 Å². The fourth-order valence-electron chi connectivity index (χ4n) is 2.34. The number of halogens is 2. The highest BCUT2D eigenvalue weighted by molar-refractivity contribution is 9.10. The molecule has 2 N–H and O–H groups in total. The number of rotatable bonds is 6. The van der Waals surface area contributed by atoms with Gasteiger partial charge < -0.3 is 9.84 Å². The molecule has 0 saturated carbocycles. The van der Waals surface area contributed by atoms with E-state index in [1.165, 1.54) is 18.3 Å². The molecule has 1 amide bonds. The Balaban J connectivity index is 1.56. The lowest BCUT2D eigenvalue weighted by Gasteiger charge is -2.07. The number of nitrogens with one attached hydrogen (secondary N) is 1. The first-order valence-electron chi connectivity index (χ1n) is 8.31. The number of benzene rings is 3. The average Bonchev–Trinajstić information content (AvgIpc) is 2.70. The first-order chi connectivity index (χ1) is 13.5. The zero-order valence-corrected chi connectivity index (χ0v) is 16.9. The number of hydrazone groups is 1. The predicted molar refractivity (Wildman–Crippen MR) is 113 cm³/mol. The molecule has 0 unspecified atom stereocenters. The van der Waals surface area contributed by atoms with Crippen LogP contribution in [0.2, 0.25) is 5.02 Å². The van der Waals surface area contributed by atoms with Crippen molar-refractivity contribution in [3.05, 3.63) is 92.9 Å². The van der Waals surface area contributed by atoms with Crippen LogP contribution in [0.5, 0.6) is 11.5 Å². The number of nitrogens with zero attached hydrogens (tertiary/aromatic N) is 1. The zero-order chi connectivity index (χ0) is 19.9. The van der Waals surface area contributed by atoms with Crippen LogP contribution in [0.3, 0.4) is 0 Å². The van der Waals surface area contributed by atoms with Crippen molar-refractivity contribution in [2.45, 2.75) is 6.61 Å². The number of carbonyl (C=O) groups is 1. The smallest absolute Gasteiger partial charge is 0.275 e. The fourth-order valence-corrected chi connectivity index (χ4v) is 2.89. The standard InChI is InChI=1S/C21H16BrClN2O3/c22-16-7-10-20(26)18(11-16)21(27)25-24-12-14-5-8-17(9-6-14)28-13-15-3-1-2-4-19(15)23/h1-12,26H,13H2,(H,25,27). The molecule has 5 nitrogen and oxygen atoms in total. The summed E-state index contributed by atoms with van der Waals surface area (Å²) in [7, 11) is 0. The highest BCUT2D eigenvalue weighted by Crippen LogP contribution is 2.22. The summed E-state index contributed by atoms with van der Waals surface area (Å²) in [6.07, 6.45) is 1.50. The second-order valence-corrected chi connectivity index (χ2v) is 7.13. The molecule has 0 radical (unpaired) electrons. The number of hydrogen-bond acceptors (Lipinski definition) is 4. The Labute approximate surface area is 175 Å². The second-order valence-electron chi connectivity index (χ2n) is 5.81. The molecule has 0 aliphatic heterocycles. The highest BCUT2D eigenvalue weighted by atomic mass is 79.9. The molecular formula is C21H16BrClN2O3. The molecule has 28 heavy (non-hydrogen) atoms. The van der Waals surface area contributed by atoms with Crippen molar-refractivity contribution in [1.29, 1.82) is 0 Å². The van der Waals surface area contributed by atoms with Gasteiger partial charge in [-0.05, 0) is 54.1 Å². The summed E-state index contributed by atoms with van der Waals surface area (Å²) in [5.41, 5.74) is 4.21. The van der Waals surface area contributed by atoms with E-state index >= 15 is 0 Å². The van der Waals surface area contributed by atoms with Crippen molar-refractivity contribution in [1.82, 2.24) is 5.43 Å². The molecule has 3 aromatic rings. The minimum atomic E-state index is -0.505. The number of hydrogen-bond donors (Lipinski definition) is 2. The van der Waals surface area contributed by atoms with Gasteiger partial charge in [-0.15, -0.1) is 0 Å². The summed E-state index contributed by atoms with van der Waals surface area (Å²) in [4.78, 5) is 12.1. The first kappa shape index (κ1) is 19.9. The van der Waals surface area contributed by atoms with Gasteiger partial charge in [-0.25, -0.2) is 5.43 Å². The van der Waals surface area contributed by atoms with Gasteiger partial charge in [0, 0.05) is 15.1 Å². The third-order valence-electron chi connectivity index (χ3n) is 3.82. The number of aromatic hydroxyl groups is 1. The third-order valence-corrected chi connectivity index (χ3v) is 4.68. The van der Waals surface area contributed by atoms with E-state index < -0.39 is 5.91 Å². The van der Waals surface area contributed by atoms with Crippen LogP contribution in [0.25, 0.3) is 0 Å². The lowest BCUT2D eigenvalue weighted by Crippen LogP contribution is -2.17. The molecule has 0 aliphatic rings. The van der Waals surface area contributed by atoms with Gasteiger partial charge in [-0.1, -0.05) is 45.7 Å². The van der Waals surface area contributed by atoms with Gasteiger partial charge >= 0.3 is 0 Å². The second kappa shape index (κ2) is 9.39. The zero-order valence-electron chi connectivity index (χ0n) is 14.6. The van der Waals surface area contributed by atoms with Crippen LogP contribution in [0.1, 0.15) is 21.5 Å². The summed E-state index contributed by atoms with van der Waals surface area (Å²) in [5.74, 6) is 0.0748. The summed E-state index contributed by atoms with van der Waals surface area (Å²) >= 11 is 9.37. The molecule has 0 heterocycles. The van der Waals surface area contributed by atoms with Crippen molar-refractivity contribution in [2.24, 2.45) is 5.10 Å². The van der Waals surface area contributed by atoms with Crippen molar-refractivity contribution in [3.63, 3.8) is 0 Å². The lowest BCUT2D eigenvalue weighted by atomic mass is 10.2. The van der Waals surface area contributed by atoms with E-state index in [1.54, 1.807) is 18.2 Å². The summed E-state index contributed by atoms with van der Waals surface area (Å²) in [5, 5.41) is 14.3. The lowest BCUT2D eigenvalue weighted by molar-refractivity contribution is 0.0952. The Hall–Kier alpha value is -2.83. The third kappa shape index (κ3) is 5.34. The maximum absolute atomic E-state index is 12.1. The molecule has 0 aromatic heterocycles. The normalized spacial score (nSPS) is 10.8. The Morgan fingerprint density at radius 3 is 2.64 bits per heavy atom. The van der Waals surface area contributed by atoms with Crippen molar-refractivity contribution >= 4 is 39.7 Å². The van der Waals surface area contributed by atoms with Crippen molar-refractivity contribution in [3.8, 4) is 11.5 Å². The van der Waals surface area contributed by atoms with E-state index in [4.69, 9.17) is 16.3 Å². The monoisotopic (exact) mass is 458 g/mol. The quantitative estimate of drug-likeness (QED) is 0.395. The summed E-state index contributed by atoms with van der Waals surface area (Å²) in [6, 6.07) is 19.4. The molecule has 0 saturated heterocycles. The number of ether oxygens (including phenoxy) is 1. The first-order valence-corrected chi connectivity index (χ1v) is 9.48. The Kier molecular flexibility index (Phi) is 6.68. The van der Waals surface area contributed by atoms with Crippen LogP contribution in [-0.4, -0.2) is 17.2 Å². The van der Waals surface area contributed by atoms with Gasteiger partial charge in [-0.2, -0.15) is 5.10 Å². The molecule has 7 heteroatoms. The van der Waals surface area contributed by atoms with Crippen LogP contribution >= 0.6 is 27.5 Å². The van der Waals surface area contributed by atoms with Gasteiger partial charge in [0.1, 0.15) is 18.1 Å². The molecule has 0 spiro atoms. The minimum Gasteiger partial charge on any atom is -0.507 e. The summed E-state index contributed by atoms with van der Waals surface area (Å²) in [6.45, 7) is 0.374.